The molecule has 0 spiro atoms. The molecule has 4 N–H and O–H groups in total. The van der Waals surface area contributed by atoms with Gasteiger partial charge in [0.25, 0.3) is 5.91 Å². The summed E-state index contributed by atoms with van der Waals surface area (Å²) in [7, 11) is 0. The van der Waals surface area contributed by atoms with Crippen LogP contribution in [0.25, 0.3) is 0 Å². The van der Waals surface area contributed by atoms with E-state index in [1.807, 2.05) is 6.07 Å². The summed E-state index contributed by atoms with van der Waals surface area (Å²) in [5, 5.41) is 18.8. The Morgan fingerprint density at radius 1 is 0.909 bits per heavy atom. The molecule has 238 valence electrons. The fourth-order valence-corrected chi connectivity index (χ4v) is 4.87. The number of hydrogen-bond donors (Lipinski definition) is 4. The van der Waals surface area contributed by atoms with Crippen molar-refractivity contribution in [3.63, 3.8) is 0 Å². The topological polar surface area (TPSA) is 113 Å². The van der Waals surface area contributed by atoms with Gasteiger partial charge in [-0.05, 0) is 66.3 Å². The third-order valence-electron chi connectivity index (χ3n) is 8.24. The Morgan fingerprint density at radius 2 is 1.59 bits per heavy atom. The van der Waals surface area contributed by atoms with E-state index < -0.39 is 12.1 Å². The Labute approximate surface area is 270 Å². The molecule has 0 aliphatic carbocycles. The van der Waals surface area contributed by atoms with E-state index in [1.165, 1.54) is 23.9 Å². The van der Waals surface area contributed by atoms with E-state index in [-0.39, 0.29) is 44.0 Å². The zero-order chi connectivity index (χ0) is 32.7. The Balaban J connectivity index is 1.84. The lowest BCUT2D eigenvalue weighted by Crippen LogP contribution is -2.34. The second kappa shape index (κ2) is 15.0. The first-order chi connectivity index (χ1) is 20.7. The van der Waals surface area contributed by atoms with Crippen LogP contribution in [0.1, 0.15) is 91.7 Å². The molecule has 3 rings (SSSR count). The largest absolute Gasteiger partial charge is 0.506 e. The number of rotatable bonds is 13. The normalized spacial score (nSPS) is 12.4. The van der Waals surface area contributed by atoms with Gasteiger partial charge in [0.05, 0.1) is 22.1 Å². The molecule has 2 aromatic carbocycles. The van der Waals surface area contributed by atoms with Crippen molar-refractivity contribution in [2.75, 3.05) is 16.0 Å². The number of phenols is 1. The molecule has 10 heteroatoms. The van der Waals surface area contributed by atoms with E-state index in [2.05, 4.69) is 81.5 Å². The third-order valence-corrected chi connectivity index (χ3v) is 8.85. The van der Waals surface area contributed by atoms with Gasteiger partial charge in [0.15, 0.2) is 11.3 Å². The highest BCUT2D eigenvalue weighted by atomic mass is 35.5. The fraction of sp³-hybridized carbons (Fsp3) is 0.441. The van der Waals surface area contributed by atoms with Gasteiger partial charge in [-0.25, -0.2) is 9.78 Å². The van der Waals surface area contributed by atoms with Crippen LogP contribution in [-0.2, 0) is 15.6 Å². The molecule has 3 amide bonds. The van der Waals surface area contributed by atoms with Gasteiger partial charge in [0.1, 0.15) is 11.5 Å². The van der Waals surface area contributed by atoms with Gasteiger partial charge in [-0.15, -0.1) is 0 Å². The minimum atomic E-state index is -0.794. The summed E-state index contributed by atoms with van der Waals surface area (Å²) in [6.45, 7) is 15.2. The number of benzene rings is 2. The van der Waals surface area contributed by atoms with E-state index >= 15 is 0 Å². The average Bonchev–Trinajstić information content (AvgIpc) is 2.98. The zero-order valence-electron chi connectivity index (χ0n) is 26.6. The Bertz CT molecular complexity index is 1480. The smallest absolute Gasteiger partial charge is 0.323 e. The summed E-state index contributed by atoms with van der Waals surface area (Å²) in [5.74, 6) is 0.00360. The summed E-state index contributed by atoms with van der Waals surface area (Å²) >= 11 is 12.5. The van der Waals surface area contributed by atoms with E-state index in [0.29, 0.717) is 17.9 Å². The molecule has 0 saturated carbocycles. The van der Waals surface area contributed by atoms with Gasteiger partial charge in [0, 0.05) is 17.8 Å². The quantitative estimate of drug-likeness (QED) is 0.109. The first kappa shape index (κ1) is 35.0. The van der Waals surface area contributed by atoms with Crippen LogP contribution in [0.3, 0.4) is 0 Å². The summed E-state index contributed by atoms with van der Waals surface area (Å²) in [6.07, 6.45) is 4.76. The molecule has 8 nitrogen and oxygen atoms in total. The van der Waals surface area contributed by atoms with Gasteiger partial charge >= 0.3 is 6.03 Å². The van der Waals surface area contributed by atoms with Crippen molar-refractivity contribution in [2.24, 2.45) is 0 Å². The summed E-state index contributed by atoms with van der Waals surface area (Å²) < 4.78 is 6.49. The molecule has 0 aliphatic rings. The highest BCUT2D eigenvalue weighted by Gasteiger charge is 2.29. The number of anilines is 3. The highest BCUT2D eigenvalue weighted by molar-refractivity contribution is 6.34. The molecule has 0 radical (unpaired) electrons. The number of halogens is 2. The minimum absolute atomic E-state index is 0.00232. The minimum Gasteiger partial charge on any atom is -0.506 e. The first-order valence-corrected chi connectivity index (χ1v) is 15.8. The number of carbonyl (C=O) groups excluding carboxylic acids is 2. The number of amides is 3. The molecule has 1 aromatic heterocycles. The van der Waals surface area contributed by atoms with Crippen LogP contribution in [0, 0.1) is 0 Å². The number of pyridine rings is 1. The van der Waals surface area contributed by atoms with Gasteiger partial charge in [-0.1, -0.05) is 90.2 Å². The van der Waals surface area contributed by atoms with Crippen LogP contribution >= 0.6 is 23.2 Å². The summed E-state index contributed by atoms with van der Waals surface area (Å²) in [4.78, 5) is 30.0. The zero-order valence-corrected chi connectivity index (χ0v) is 28.1. The van der Waals surface area contributed by atoms with Gasteiger partial charge in [0.2, 0.25) is 0 Å². The number of carbonyl (C=O) groups is 2. The van der Waals surface area contributed by atoms with Gasteiger partial charge < -0.3 is 25.8 Å². The Hall–Kier alpha value is -3.49. The van der Waals surface area contributed by atoms with E-state index in [1.54, 1.807) is 12.1 Å². The monoisotopic (exact) mass is 642 g/mol. The number of phenolic OH excluding ortho intramolecular Hbond substituents is 1. The van der Waals surface area contributed by atoms with Crippen LogP contribution in [0.15, 0.2) is 48.7 Å². The van der Waals surface area contributed by atoms with E-state index in [0.717, 1.165) is 31.2 Å². The van der Waals surface area contributed by atoms with Crippen LogP contribution in [-0.4, -0.2) is 28.1 Å². The van der Waals surface area contributed by atoms with Crippen LogP contribution in [0.4, 0.5) is 21.9 Å². The summed E-state index contributed by atoms with van der Waals surface area (Å²) in [6, 6.07) is 11.5. The van der Waals surface area contributed by atoms with Crippen LogP contribution < -0.4 is 20.7 Å². The molecular weight excluding hydrogens is 599 g/mol. The van der Waals surface area contributed by atoms with Crippen LogP contribution in [0.2, 0.25) is 10.2 Å². The second-order valence-corrected chi connectivity index (χ2v) is 13.0. The molecule has 1 heterocycles. The molecule has 0 saturated heterocycles. The molecule has 0 aliphatic heterocycles. The van der Waals surface area contributed by atoms with E-state index in [9.17, 15) is 14.7 Å². The predicted molar refractivity (Wildman–Crippen MR) is 181 cm³/mol. The number of urea groups is 1. The molecule has 1 atom stereocenters. The third kappa shape index (κ3) is 8.79. The maximum absolute atomic E-state index is 13.6. The fourth-order valence-electron chi connectivity index (χ4n) is 4.49. The summed E-state index contributed by atoms with van der Waals surface area (Å²) in [5.41, 5.74) is 2.65. The lowest BCUT2D eigenvalue weighted by atomic mass is 9.76. The number of ether oxygens (including phenoxy) is 1. The number of aromatic hydroxyl groups is 1. The lowest BCUT2D eigenvalue weighted by Gasteiger charge is -2.31. The van der Waals surface area contributed by atoms with Crippen molar-refractivity contribution in [3.05, 3.63) is 70.0 Å². The van der Waals surface area contributed by atoms with E-state index in [4.69, 9.17) is 27.9 Å². The van der Waals surface area contributed by atoms with Crippen LogP contribution in [0.5, 0.6) is 11.5 Å². The lowest BCUT2D eigenvalue weighted by molar-refractivity contribution is -0.123. The van der Waals surface area contributed by atoms with Crippen molar-refractivity contribution < 1.29 is 19.4 Å². The molecular formula is C34H44Cl2N4O4. The van der Waals surface area contributed by atoms with Crippen molar-refractivity contribution >= 4 is 52.2 Å². The van der Waals surface area contributed by atoms with Crippen molar-refractivity contribution in [3.8, 4) is 11.5 Å². The molecule has 3 aromatic rings. The second-order valence-electron chi connectivity index (χ2n) is 12.2. The Morgan fingerprint density at radius 3 is 2.23 bits per heavy atom. The average molecular weight is 644 g/mol. The molecule has 1 unspecified atom stereocenters. The standard InChI is InChI=1S/C34H44Cl2N4O4/c1-8-11-14-29(44-28-16-15-21(33(4,5)9-2)18-22(28)34(6,7)10-3)31(42)38-25-20-27(41)26(19-23(25)35)40-32(43)39-24-13-12-17-37-30(24)36/h12-13,15-20,29,41H,8-11,14H2,1-7H3,(H,38,42)(H2,39,40,43). The van der Waals surface area contributed by atoms with Crippen molar-refractivity contribution in [1.82, 2.24) is 4.98 Å². The highest BCUT2D eigenvalue weighted by Crippen LogP contribution is 2.39. The van der Waals surface area contributed by atoms with Crippen molar-refractivity contribution in [2.45, 2.75) is 97.5 Å². The first-order valence-electron chi connectivity index (χ1n) is 15.1. The maximum atomic E-state index is 13.6. The number of aromatic nitrogens is 1. The van der Waals surface area contributed by atoms with Gasteiger partial charge in [-0.3, -0.25) is 4.79 Å². The predicted octanol–water partition coefficient (Wildman–Crippen LogP) is 9.69. The maximum Gasteiger partial charge on any atom is 0.323 e. The number of nitrogens with one attached hydrogen (secondary N) is 3. The number of nitrogens with zero attached hydrogens (tertiary/aromatic N) is 1. The Kier molecular flexibility index (Phi) is 11.9. The molecule has 0 bridgehead atoms. The van der Waals surface area contributed by atoms with Gasteiger partial charge in [-0.2, -0.15) is 0 Å². The number of unbranched alkanes of at least 4 members (excludes halogenated alkanes) is 1. The molecule has 0 fully saturated rings. The van der Waals surface area contributed by atoms with Crippen molar-refractivity contribution in [1.29, 1.82) is 0 Å². The SMILES string of the molecule is CCCCC(Oc1ccc(C(C)(C)CC)cc1C(C)(C)CC)C(=O)Nc1cc(O)c(NC(=O)Nc2cccnc2Cl)cc1Cl. The number of hydrogen-bond acceptors (Lipinski definition) is 5. The molecule has 44 heavy (non-hydrogen) atoms.